The summed E-state index contributed by atoms with van der Waals surface area (Å²) in [6.45, 7) is 7.32. The van der Waals surface area contributed by atoms with Crippen molar-refractivity contribution in [2.75, 3.05) is 13.7 Å². The molecular weight excluding hydrogens is 404 g/mol. The molecule has 2 saturated carbocycles. The van der Waals surface area contributed by atoms with Gasteiger partial charge in [-0.2, -0.15) is 0 Å². The summed E-state index contributed by atoms with van der Waals surface area (Å²) in [5.41, 5.74) is -4.60. The van der Waals surface area contributed by atoms with Gasteiger partial charge in [0.25, 0.3) is 0 Å². The summed E-state index contributed by atoms with van der Waals surface area (Å²) in [6.07, 6.45) is 2.69. The lowest BCUT2D eigenvalue weighted by Gasteiger charge is -2.64. The summed E-state index contributed by atoms with van der Waals surface area (Å²) in [5, 5.41) is 0. The number of Topliss-reactive ketones (excluding diaryl/α,β-unsaturated/α-hetero) is 1. The number of esters is 2. The molecule has 8 heteroatoms. The first-order chi connectivity index (χ1) is 14.5. The van der Waals surface area contributed by atoms with Crippen LogP contribution in [0.1, 0.15) is 66.2 Å². The van der Waals surface area contributed by atoms with E-state index in [4.69, 9.17) is 23.7 Å². The SMILES string of the molecule is CO[C@H]1C[C@]2(CC[C@@]3(O2)[C@@](C)(OC(C)=O)C(=O)[C@H]2OC(=O)[C@@]4(C)CCC[C@@]3(C)[C@@H]24)CO1. The highest BCUT2D eigenvalue weighted by molar-refractivity contribution is 6.00. The number of hydrogen-bond acceptors (Lipinski definition) is 8. The van der Waals surface area contributed by atoms with E-state index in [-0.39, 0.29) is 24.0 Å². The van der Waals surface area contributed by atoms with Crippen molar-refractivity contribution >= 4 is 17.7 Å². The Morgan fingerprint density at radius 1 is 1.10 bits per heavy atom. The standard InChI is InChI=1S/C23H32O8/c1-13(24)30-21(4)17(25)15-16-19(2,18(26)29-15)7-6-8-20(16,3)23(21)10-9-22(31-23)11-14(27-5)28-12-22/h14-16H,6-12H2,1-5H3/t14-,15+,16+,19+,20+,21+,22-,23+/m1/s1. The van der Waals surface area contributed by atoms with Crippen LogP contribution >= 0.6 is 0 Å². The molecule has 3 aliphatic heterocycles. The zero-order valence-corrected chi connectivity index (χ0v) is 18.9. The summed E-state index contributed by atoms with van der Waals surface area (Å²) >= 11 is 0. The van der Waals surface area contributed by atoms with Crippen LogP contribution in [0.25, 0.3) is 0 Å². The fourth-order valence-electron chi connectivity index (χ4n) is 7.82. The lowest BCUT2D eigenvalue weighted by molar-refractivity contribution is -0.288. The van der Waals surface area contributed by atoms with E-state index in [0.717, 1.165) is 12.8 Å². The zero-order chi connectivity index (χ0) is 22.4. The molecule has 8 atom stereocenters. The molecule has 5 fully saturated rings. The molecule has 0 aromatic heterocycles. The van der Waals surface area contributed by atoms with Crippen LogP contribution in [0.3, 0.4) is 0 Å². The number of rotatable bonds is 2. The maximum atomic E-state index is 13.9. The van der Waals surface area contributed by atoms with Crippen LogP contribution in [0.4, 0.5) is 0 Å². The Kier molecular flexibility index (Phi) is 4.33. The fraction of sp³-hybridized carbons (Fsp3) is 0.870. The third-order valence-electron chi connectivity index (χ3n) is 9.20. The monoisotopic (exact) mass is 436 g/mol. The Hall–Kier alpha value is -1.51. The first-order valence-corrected chi connectivity index (χ1v) is 11.3. The minimum atomic E-state index is -1.56. The molecule has 5 aliphatic rings. The Bertz CT molecular complexity index is 857. The average Bonchev–Trinajstić information content (AvgIpc) is 3.36. The van der Waals surface area contributed by atoms with Gasteiger partial charge in [0.2, 0.25) is 5.78 Å². The topological polar surface area (TPSA) is 97.4 Å². The first kappa shape index (κ1) is 21.3. The van der Waals surface area contributed by atoms with Gasteiger partial charge in [0, 0.05) is 31.8 Å². The molecule has 0 unspecified atom stereocenters. The number of hydrogen-bond donors (Lipinski definition) is 0. The average molecular weight is 437 g/mol. The summed E-state index contributed by atoms with van der Waals surface area (Å²) in [5.74, 6) is -1.58. The Morgan fingerprint density at radius 2 is 1.84 bits per heavy atom. The molecule has 3 saturated heterocycles. The molecule has 8 nitrogen and oxygen atoms in total. The van der Waals surface area contributed by atoms with Crippen molar-refractivity contribution in [2.45, 2.75) is 95.4 Å². The van der Waals surface area contributed by atoms with E-state index in [1.54, 1.807) is 14.0 Å². The van der Waals surface area contributed by atoms with Crippen LogP contribution in [0, 0.1) is 16.7 Å². The van der Waals surface area contributed by atoms with Crippen molar-refractivity contribution in [1.29, 1.82) is 0 Å². The molecule has 172 valence electrons. The van der Waals surface area contributed by atoms with Crippen LogP contribution in [0.2, 0.25) is 0 Å². The van der Waals surface area contributed by atoms with Crippen molar-refractivity contribution in [3.8, 4) is 0 Å². The van der Waals surface area contributed by atoms with Crippen molar-refractivity contribution in [3.05, 3.63) is 0 Å². The number of methoxy groups -OCH3 is 1. The quantitative estimate of drug-likeness (QED) is 0.609. The third-order valence-corrected chi connectivity index (χ3v) is 9.20. The predicted molar refractivity (Wildman–Crippen MR) is 106 cm³/mol. The van der Waals surface area contributed by atoms with Gasteiger partial charge in [-0.1, -0.05) is 13.3 Å². The van der Waals surface area contributed by atoms with E-state index >= 15 is 0 Å². The Labute approximate surface area is 182 Å². The number of ether oxygens (including phenoxy) is 5. The molecule has 0 aromatic carbocycles. The van der Waals surface area contributed by atoms with Crippen LogP contribution in [-0.4, -0.2) is 60.6 Å². The van der Waals surface area contributed by atoms with Gasteiger partial charge >= 0.3 is 11.9 Å². The van der Waals surface area contributed by atoms with E-state index in [0.29, 0.717) is 32.3 Å². The van der Waals surface area contributed by atoms with Crippen molar-refractivity contribution in [1.82, 2.24) is 0 Å². The van der Waals surface area contributed by atoms with E-state index in [9.17, 15) is 14.4 Å². The number of carbonyl (C=O) groups is 3. The Morgan fingerprint density at radius 3 is 2.48 bits per heavy atom. The normalized spacial score (nSPS) is 53.1. The molecule has 0 bridgehead atoms. The Balaban J connectivity index is 1.68. The highest BCUT2D eigenvalue weighted by Gasteiger charge is 2.82. The van der Waals surface area contributed by atoms with Crippen molar-refractivity contribution in [3.63, 3.8) is 0 Å². The van der Waals surface area contributed by atoms with Gasteiger partial charge in [-0.3, -0.25) is 14.4 Å². The molecule has 3 heterocycles. The van der Waals surface area contributed by atoms with Crippen molar-refractivity contribution in [2.24, 2.45) is 16.7 Å². The fourth-order valence-corrected chi connectivity index (χ4v) is 7.82. The molecule has 0 radical (unpaired) electrons. The van der Waals surface area contributed by atoms with Gasteiger partial charge in [0.1, 0.15) is 5.60 Å². The highest BCUT2D eigenvalue weighted by atomic mass is 16.7. The van der Waals surface area contributed by atoms with Crippen LogP contribution in [0.15, 0.2) is 0 Å². The molecular formula is C23H32O8. The first-order valence-electron chi connectivity index (χ1n) is 11.3. The van der Waals surface area contributed by atoms with Crippen LogP contribution in [0.5, 0.6) is 0 Å². The molecule has 0 aromatic rings. The van der Waals surface area contributed by atoms with Gasteiger partial charge in [-0.15, -0.1) is 0 Å². The predicted octanol–water partition coefficient (Wildman–Crippen LogP) is 2.31. The zero-order valence-electron chi connectivity index (χ0n) is 18.9. The molecule has 2 spiro atoms. The number of carbonyl (C=O) groups excluding carboxylic acids is 3. The van der Waals surface area contributed by atoms with Crippen LogP contribution < -0.4 is 0 Å². The summed E-state index contributed by atoms with van der Waals surface area (Å²) in [4.78, 5) is 39.1. The van der Waals surface area contributed by atoms with E-state index < -0.39 is 39.7 Å². The van der Waals surface area contributed by atoms with E-state index in [2.05, 4.69) is 6.92 Å². The lowest BCUT2D eigenvalue weighted by Crippen LogP contribution is -2.77. The van der Waals surface area contributed by atoms with Gasteiger partial charge in [-0.25, -0.2) is 0 Å². The van der Waals surface area contributed by atoms with Gasteiger partial charge in [0.15, 0.2) is 18.0 Å². The smallest absolute Gasteiger partial charge is 0.312 e. The minimum absolute atomic E-state index is 0.326. The van der Waals surface area contributed by atoms with Gasteiger partial charge in [-0.05, 0) is 39.5 Å². The third kappa shape index (κ3) is 2.39. The highest BCUT2D eigenvalue weighted by Crippen LogP contribution is 2.71. The summed E-state index contributed by atoms with van der Waals surface area (Å²) < 4.78 is 29.7. The molecule has 0 amide bonds. The molecule has 5 rings (SSSR count). The molecule has 31 heavy (non-hydrogen) atoms. The van der Waals surface area contributed by atoms with Gasteiger partial charge in [0.05, 0.1) is 17.6 Å². The number of fused-ring (bicyclic) bond motifs is 1. The minimum Gasteiger partial charge on any atom is -0.453 e. The van der Waals surface area contributed by atoms with Gasteiger partial charge < -0.3 is 23.7 Å². The molecule has 0 N–H and O–H groups in total. The van der Waals surface area contributed by atoms with Crippen molar-refractivity contribution < 1.29 is 38.1 Å². The second-order valence-electron chi connectivity index (χ2n) is 10.8. The maximum absolute atomic E-state index is 13.9. The summed E-state index contributed by atoms with van der Waals surface area (Å²) in [7, 11) is 1.60. The van der Waals surface area contributed by atoms with E-state index in [1.807, 2.05) is 6.92 Å². The summed E-state index contributed by atoms with van der Waals surface area (Å²) in [6, 6.07) is 0. The molecule has 2 aliphatic carbocycles. The number of ketones is 1. The van der Waals surface area contributed by atoms with Crippen LogP contribution in [-0.2, 0) is 38.1 Å². The lowest BCUT2D eigenvalue weighted by atomic mass is 9.42. The van der Waals surface area contributed by atoms with E-state index in [1.165, 1.54) is 6.92 Å². The second kappa shape index (κ2) is 6.29. The second-order valence-corrected chi connectivity index (χ2v) is 10.8. The maximum Gasteiger partial charge on any atom is 0.312 e. The largest absolute Gasteiger partial charge is 0.453 e.